The van der Waals surface area contributed by atoms with Crippen molar-refractivity contribution >= 4 is 5.91 Å². The highest BCUT2D eigenvalue weighted by Crippen LogP contribution is 2.09. The van der Waals surface area contributed by atoms with E-state index in [-0.39, 0.29) is 5.91 Å². The zero-order valence-corrected chi connectivity index (χ0v) is 12.1. The van der Waals surface area contributed by atoms with Crippen molar-refractivity contribution in [3.05, 3.63) is 35.4 Å². The van der Waals surface area contributed by atoms with Crippen LogP contribution in [-0.2, 0) is 6.42 Å². The molecule has 0 aliphatic heterocycles. The second-order valence-electron chi connectivity index (χ2n) is 5.31. The summed E-state index contributed by atoms with van der Waals surface area (Å²) in [5.74, 6) is 0.832. The summed E-state index contributed by atoms with van der Waals surface area (Å²) in [7, 11) is 1.89. The molecule has 1 aromatic carbocycles. The van der Waals surface area contributed by atoms with Crippen molar-refractivity contribution in [3.8, 4) is 0 Å². The molecule has 18 heavy (non-hydrogen) atoms. The molecule has 0 saturated carbocycles. The smallest absolute Gasteiger partial charge is 0.253 e. The number of hydrogen-bond donors (Lipinski definition) is 0. The SMILES string of the molecule is CCc1ccc(C(=O)N(C)CCCC(C)C)cc1. The fourth-order valence-corrected chi connectivity index (χ4v) is 1.94. The lowest BCUT2D eigenvalue weighted by Gasteiger charge is -2.18. The number of aryl methyl sites for hydroxylation is 1. The molecule has 0 fully saturated rings. The Morgan fingerprint density at radius 2 is 1.83 bits per heavy atom. The Morgan fingerprint density at radius 1 is 1.22 bits per heavy atom. The molecule has 0 saturated heterocycles. The van der Waals surface area contributed by atoms with Gasteiger partial charge in [-0.15, -0.1) is 0 Å². The Bertz CT molecular complexity index is 367. The predicted octanol–water partition coefficient (Wildman–Crippen LogP) is 3.76. The first kappa shape index (κ1) is 14.7. The zero-order chi connectivity index (χ0) is 13.5. The van der Waals surface area contributed by atoms with E-state index in [1.54, 1.807) is 0 Å². The molecule has 100 valence electrons. The molecule has 0 unspecified atom stereocenters. The maximum atomic E-state index is 12.1. The summed E-state index contributed by atoms with van der Waals surface area (Å²) >= 11 is 0. The number of carbonyl (C=O) groups excluding carboxylic acids is 1. The Morgan fingerprint density at radius 3 is 2.33 bits per heavy atom. The fraction of sp³-hybridized carbons (Fsp3) is 0.562. The van der Waals surface area contributed by atoms with Gasteiger partial charge in [0.15, 0.2) is 0 Å². The summed E-state index contributed by atoms with van der Waals surface area (Å²) in [6.07, 6.45) is 3.26. The van der Waals surface area contributed by atoms with Gasteiger partial charge in [-0.25, -0.2) is 0 Å². The summed E-state index contributed by atoms with van der Waals surface area (Å²) in [6, 6.07) is 7.94. The minimum Gasteiger partial charge on any atom is -0.342 e. The molecule has 0 radical (unpaired) electrons. The monoisotopic (exact) mass is 247 g/mol. The number of rotatable bonds is 6. The topological polar surface area (TPSA) is 20.3 Å². The molecule has 1 rings (SSSR count). The van der Waals surface area contributed by atoms with Crippen LogP contribution in [-0.4, -0.2) is 24.4 Å². The van der Waals surface area contributed by atoms with E-state index in [2.05, 4.69) is 20.8 Å². The molecule has 1 aromatic rings. The van der Waals surface area contributed by atoms with Gasteiger partial charge in [0, 0.05) is 19.2 Å². The molecule has 2 heteroatoms. The second kappa shape index (κ2) is 7.20. The summed E-state index contributed by atoms with van der Waals surface area (Å²) in [5.41, 5.74) is 2.06. The van der Waals surface area contributed by atoms with Gasteiger partial charge in [-0.1, -0.05) is 32.9 Å². The van der Waals surface area contributed by atoms with Crippen LogP contribution in [0.1, 0.15) is 49.5 Å². The summed E-state index contributed by atoms with van der Waals surface area (Å²) in [4.78, 5) is 14.0. The van der Waals surface area contributed by atoms with Crippen LogP contribution in [0.3, 0.4) is 0 Å². The van der Waals surface area contributed by atoms with Crippen molar-refractivity contribution in [2.24, 2.45) is 5.92 Å². The first-order chi connectivity index (χ1) is 8.54. The van der Waals surface area contributed by atoms with Gasteiger partial charge in [0.05, 0.1) is 0 Å². The Kier molecular flexibility index (Phi) is 5.90. The van der Waals surface area contributed by atoms with Gasteiger partial charge in [0.25, 0.3) is 5.91 Å². The molecule has 1 amide bonds. The van der Waals surface area contributed by atoms with Gasteiger partial charge in [0.1, 0.15) is 0 Å². The van der Waals surface area contributed by atoms with Crippen molar-refractivity contribution in [3.63, 3.8) is 0 Å². The third kappa shape index (κ3) is 4.52. The van der Waals surface area contributed by atoms with E-state index in [1.807, 2.05) is 36.2 Å². The normalized spacial score (nSPS) is 10.7. The highest BCUT2D eigenvalue weighted by molar-refractivity contribution is 5.94. The van der Waals surface area contributed by atoms with E-state index in [9.17, 15) is 4.79 Å². The number of benzene rings is 1. The maximum absolute atomic E-state index is 12.1. The quantitative estimate of drug-likeness (QED) is 0.749. The molecule has 0 bridgehead atoms. The number of carbonyl (C=O) groups is 1. The molecular formula is C16H25NO. The van der Waals surface area contributed by atoms with E-state index >= 15 is 0 Å². The van der Waals surface area contributed by atoms with Gasteiger partial charge in [-0.2, -0.15) is 0 Å². The van der Waals surface area contributed by atoms with Crippen molar-refractivity contribution in [2.75, 3.05) is 13.6 Å². The molecule has 0 N–H and O–H groups in total. The molecular weight excluding hydrogens is 222 g/mol. The number of nitrogens with zero attached hydrogens (tertiary/aromatic N) is 1. The van der Waals surface area contributed by atoms with Crippen molar-refractivity contribution in [1.82, 2.24) is 4.90 Å². The van der Waals surface area contributed by atoms with Crippen LogP contribution >= 0.6 is 0 Å². The molecule has 0 atom stereocenters. The second-order valence-corrected chi connectivity index (χ2v) is 5.31. The van der Waals surface area contributed by atoms with Crippen LogP contribution in [0.4, 0.5) is 0 Å². The zero-order valence-electron chi connectivity index (χ0n) is 12.1. The Labute approximate surface area is 111 Å². The van der Waals surface area contributed by atoms with Crippen LogP contribution in [0.5, 0.6) is 0 Å². The highest BCUT2D eigenvalue weighted by atomic mass is 16.2. The van der Waals surface area contributed by atoms with Gasteiger partial charge < -0.3 is 4.90 Å². The van der Waals surface area contributed by atoms with Crippen LogP contribution in [0.2, 0.25) is 0 Å². The lowest BCUT2D eigenvalue weighted by atomic mass is 10.1. The largest absolute Gasteiger partial charge is 0.342 e. The van der Waals surface area contributed by atoms with Gasteiger partial charge in [-0.05, 0) is 42.9 Å². The van der Waals surface area contributed by atoms with Crippen LogP contribution in [0.15, 0.2) is 24.3 Å². The minimum atomic E-state index is 0.126. The lowest BCUT2D eigenvalue weighted by molar-refractivity contribution is 0.0791. The number of hydrogen-bond acceptors (Lipinski definition) is 1. The third-order valence-electron chi connectivity index (χ3n) is 3.23. The van der Waals surface area contributed by atoms with Crippen molar-refractivity contribution in [1.29, 1.82) is 0 Å². The summed E-state index contributed by atoms with van der Waals surface area (Å²) in [5, 5.41) is 0. The molecule has 0 aliphatic rings. The number of amides is 1. The first-order valence-corrected chi connectivity index (χ1v) is 6.89. The van der Waals surface area contributed by atoms with E-state index in [1.165, 1.54) is 12.0 Å². The van der Waals surface area contributed by atoms with Crippen LogP contribution in [0.25, 0.3) is 0 Å². The van der Waals surface area contributed by atoms with Crippen molar-refractivity contribution < 1.29 is 4.79 Å². The summed E-state index contributed by atoms with van der Waals surface area (Å²) < 4.78 is 0. The molecule has 0 aromatic heterocycles. The first-order valence-electron chi connectivity index (χ1n) is 6.89. The van der Waals surface area contributed by atoms with Crippen LogP contribution in [0, 0.1) is 5.92 Å². The molecule has 2 nitrogen and oxygen atoms in total. The van der Waals surface area contributed by atoms with E-state index in [4.69, 9.17) is 0 Å². The maximum Gasteiger partial charge on any atom is 0.253 e. The minimum absolute atomic E-state index is 0.126. The van der Waals surface area contributed by atoms with E-state index < -0.39 is 0 Å². The average Bonchev–Trinajstić information content (AvgIpc) is 2.37. The molecule has 0 aliphatic carbocycles. The lowest BCUT2D eigenvalue weighted by Crippen LogP contribution is -2.27. The van der Waals surface area contributed by atoms with E-state index in [0.717, 1.165) is 24.9 Å². The average molecular weight is 247 g/mol. The van der Waals surface area contributed by atoms with Gasteiger partial charge >= 0.3 is 0 Å². The third-order valence-corrected chi connectivity index (χ3v) is 3.23. The Hall–Kier alpha value is -1.31. The fourth-order valence-electron chi connectivity index (χ4n) is 1.94. The van der Waals surface area contributed by atoms with Crippen molar-refractivity contribution in [2.45, 2.75) is 40.0 Å². The standard InChI is InChI=1S/C16H25NO/c1-5-14-8-10-15(11-9-14)16(18)17(4)12-6-7-13(2)3/h8-11,13H,5-7,12H2,1-4H3. The predicted molar refractivity (Wildman–Crippen MR) is 76.9 cm³/mol. The van der Waals surface area contributed by atoms with Crippen LogP contribution < -0.4 is 0 Å². The molecule has 0 heterocycles. The summed E-state index contributed by atoms with van der Waals surface area (Å²) in [6.45, 7) is 7.39. The van der Waals surface area contributed by atoms with E-state index in [0.29, 0.717) is 5.92 Å². The Balaban J connectivity index is 2.51. The highest BCUT2D eigenvalue weighted by Gasteiger charge is 2.11. The van der Waals surface area contributed by atoms with Gasteiger partial charge in [-0.3, -0.25) is 4.79 Å². The van der Waals surface area contributed by atoms with Gasteiger partial charge in [0.2, 0.25) is 0 Å². The molecule has 0 spiro atoms.